The molecule has 4 nitrogen and oxygen atoms in total. The molecule has 2 aromatic carbocycles. The van der Waals surface area contributed by atoms with Crippen LogP contribution in [0.25, 0.3) is 0 Å². The summed E-state index contributed by atoms with van der Waals surface area (Å²) in [7, 11) is 1.61. The third kappa shape index (κ3) is 6.71. The molecule has 2 aromatic rings. The first-order chi connectivity index (χ1) is 14.1. The molecule has 0 aromatic heterocycles. The van der Waals surface area contributed by atoms with Gasteiger partial charge in [-0.05, 0) is 56.2 Å². The standard InChI is InChI=1S/C22H22Cl4N2O2/c1-13(2)4-6-18(14-5-7-19(25)20(26)10-14)21(27-30)12-28(3)22(29)15-8-16(23)11-17(24)9-15/h4-5,7-11,18,21H,6,12H2,1-3H3/t18-,21?/m1/s1. The van der Waals surface area contributed by atoms with Crippen molar-refractivity contribution in [3.05, 3.63) is 84.2 Å². The van der Waals surface area contributed by atoms with Crippen molar-refractivity contribution >= 4 is 52.3 Å². The van der Waals surface area contributed by atoms with E-state index in [0.29, 0.717) is 32.1 Å². The second-order valence-corrected chi connectivity index (χ2v) is 9.00. The van der Waals surface area contributed by atoms with Crippen LogP contribution >= 0.6 is 46.4 Å². The Balaban J connectivity index is 2.31. The predicted molar refractivity (Wildman–Crippen MR) is 126 cm³/mol. The molecule has 0 heterocycles. The van der Waals surface area contributed by atoms with Gasteiger partial charge in [0.05, 0.1) is 10.0 Å². The molecule has 0 N–H and O–H groups in total. The Hall–Kier alpha value is -1.59. The van der Waals surface area contributed by atoms with Gasteiger partial charge in [-0.15, -0.1) is 0 Å². The molecule has 0 bridgehead atoms. The number of carbonyl (C=O) groups is 1. The minimum absolute atomic E-state index is 0.119. The van der Waals surface area contributed by atoms with Crippen molar-refractivity contribution in [1.82, 2.24) is 4.90 Å². The summed E-state index contributed by atoms with van der Waals surface area (Å²) in [6, 6.07) is 9.19. The number of benzene rings is 2. The quantitative estimate of drug-likeness (QED) is 0.283. The summed E-state index contributed by atoms with van der Waals surface area (Å²) in [5.74, 6) is -0.575. The Morgan fingerprint density at radius 1 is 1.03 bits per heavy atom. The number of rotatable bonds is 8. The predicted octanol–water partition coefficient (Wildman–Crippen LogP) is 7.65. The van der Waals surface area contributed by atoms with Crippen molar-refractivity contribution in [3.63, 3.8) is 0 Å². The highest BCUT2D eigenvalue weighted by Gasteiger charge is 2.27. The van der Waals surface area contributed by atoms with Gasteiger partial charge in [-0.3, -0.25) is 4.79 Å². The summed E-state index contributed by atoms with van der Waals surface area (Å²) in [5, 5.41) is 4.90. The third-order valence-corrected chi connectivity index (χ3v) is 5.84. The molecule has 2 atom stereocenters. The summed E-state index contributed by atoms with van der Waals surface area (Å²) in [4.78, 5) is 26.1. The maximum atomic E-state index is 12.8. The van der Waals surface area contributed by atoms with Gasteiger partial charge < -0.3 is 4.90 Å². The lowest BCUT2D eigenvalue weighted by Gasteiger charge is -2.26. The summed E-state index contributed by atoms with van der Waals surface area (Å²) in [6.07, 6.45) is 2.60. The first-order valence-electron chi connectivity index (χ1n) is 9.24. The van der Waals surface area contributed by atoms with E-state index < -0.39 is 6.04 Å². The molecule has 0 aliphatic rings. The van der Waals surface area contributed by atoms with E-state index in [9.17, 15) is 9.70 Å². The molecule has 0 aliphatic heterocycles. The number of allylic oxidation sites excluding steroid dienone is 2. The Morgan fingerprint density at radius 3 is 2.20 bits per heavy atom. The molecule has 30 heavy (non-hydrogen) atoms. The highest BCUT2D eigenvalue weighted by molar-refractivity contribution is 6.42. The van der Waals surface area contributed by atoms with Crippen molar-refractivity contribution < 1.29 is 4.79 Å². The highest BCUT2D eigenvalue weighted by atomic mass is 35.5. The lowest BCUT2D eigenvalue weighted by molar-refractivity contribution is 0.0783. The molecule has 0 saturated carbocycles. The van der Waals surface area contributed by atoms with Crippen LogP contribution < -0.4 is 0 Å². The van der Waals surface area contributed by atoms with Gasteiger partial charge in [0.2, 0.25) is 0 Å². The molecule has 1 amide bonds. The Kier molecular flexibility index (Phi) is 9.17. The van der Waals surface area contributed by atoms with Gasteiger partial charge in [0, 0.05) is 35.1 Å². The van der Waals surface area contributed by atoms with E-state index in [0.717, 1.165) is 11.1 Å². The second kappa shape index (κ2) is 11.1. The SMILES string of the molecule is CC(C)=CC[C@H](c1ccc(Cl)c(Cl)c1)C(CN(C)C(=O)c1cc(Cl)cc(Cl)c1)N=O. The average molecular weight is 488 g/mol. The first kappa shape index (κ1) is 24.7. The maximum Gasteiger partial charge on any atom is 0.253 e. The molecule has 0 aliphatic carbocycles. The monoisotopic (exact) mass is 486 g/mol. The fourth-order valence-corrected chi connectivity index (χ4v) is 3.95. The van der Waals surface area contributed by atoms with Gasteiger partial charge in [-0.1, -0.05) is 69.3 Å². The number of amides is 1. The average Bonchev–Trinajstić information content (AvgIpc) is 2.67. The van der Waals surface area contributed by atoms with Gasteiger partial charge in [-0.2, -0.15) is 4.91 Å². The van der Waals surface area contributed by atoms with Crippen LogP contribution in [0.5, 0.6) is 0 Å². The minimum atomic E-state index is -0.693. The van der Waals surface area contributed by atoms with Crippen molar-refractivity contribution in [1.29, 1.82) is 0 Å². The maximum absolute atomic E-state index is 12.8. The van der Waals surface area contributed by atoms with Gasteiger partial charge in [-0.25, -0.2) is 0 Å². The number of carbonyl (C=O) groups excluding carboxylic acids is 1. The molecule has 0 radical (unpaired) electrons. The molecular weight excluding hydrogens is 466 g/mol. The van der Waals surface area contributed by atoms with Crippen molar-refractivity contribution in [3.8, 4) is 0 Å². The smallest absolute Gasteiger partial charge is 0.253 e. The number of hydrogen-bond donors (Lipinski definition) is 0. The van der Waals surface area contributed by atoms with Crippen LogP contribution in [0.3, 0.4) is 0 Å². The topological polar surface area (TPSA) is 49.7 Å². The summed E-state index contributed by atoms with van der Waals surface area (Å²) in [5.41, 5.74) is 2.29. The van der Waals surface area contributed by atoms with Crippen LogP contribution in [0.4, 0.5) is 0 Å². The fraction of sp³-hybridized carbons (Fsp3) is 0.318. The highest BCUT2D eigenvalue weighted by Crippen LogP contribution is 2.32. The van der Waals surface area contributed by atoms with Crippen LogP contribution in [-0.2, 0) is 0 Å². The molecule has 8 heteroatoms. The summed E-state index contributed by atoms with van der Waals surface area (Å²) < 4.78 is 0. The third-order valence-electron chi connectivity index (χ3n) is 4.67. The van der Waals surface area contributed by atoms with Crippen molar-refractivity contribution in [2.75, 3.05) is 13.6 Å². The van der Waals surface area contributed by atoms with Gasteiger partial charge >= 0.3 is 0 Å². The van der Waals surface area contributed by atoms with Crippen LogP contribution in [-0.4, -0.2) is 30.4 Å². The second-order valence-electron chi connectivity index (χ2n) is 7.31. The zero-order chi connectivity index (χ0) is 22.4. The lowest BCUT2D eigenvalue weighted by atomic mass is 9.88. The normalized spacial score (nSPS) is 12.8. The van der Waals surface area contributed by atoms with E-state index in [1.165, 1.54) is 17.0 Å². The van der Waals surface area contributed by atoms with E-state index >= 15 is 0 Å². The fourth-order valence-electron chi connectivity index (χ4n) is 3.12. The van der Waals surface area contributed by atoms with Crippen molar-refractivity contribution in [2.24, 2.45) is 5.18 Å². The number of nitroso groups, excluding NO2 is 1. The largest absolute Gasteiger partial charge is 0.339 e. The van der Waals surface area contributed by atoms with Crippen LogP contribution in [0.2, 0.25) is 20.1 Å². The number of hydrogen-bond acceptors (Lipinski definition) is 3. The van der Waals surface area contributed by atoms with E-state index in [1.54, 1.807) is 25.2 Å². The molecular formula is C22H22Cl4N2O2. The van der Waals surface area contributed by atoms with Crippen LogP contribution in [0.1, 0.15) is 42.1 Å². The van der Waals surface area contributed by atoms with E-state index in [-0.39, 0.29) is 18.4 Å². The molecule has 1 unspecified atom stereocenters. The zero-order valence-corrected chi connectivity index (χ0v) is 19.9. The molecule has 0 saturated heterocycles. The van der Waals surface area contributed by atoms with E-state index in [2.05, 4.69) is 5.18 Å². The van der Waals surface area contributed by atoms with Gasteiger partial charge in [0.15, 0.2) is 0 Å². The Labute approximate surface area is 196 Å². The minimum Gasteiger partial charge on any atom is -0.339 e. The van der Waals surface area contributed by atoms with Crippen LogP contribution in [0.15, 0.2) is 53.2 Å². The van der Waals surface area contributed by atoms with Gasteiger partial charge in [0.1, 0.15) is 6.04 Å². The van der Waals surface area contributed by atoms with Crippen LogP contribution in [0, 0.1) is 4.91 Å². The summed E-state index contributed by atoms with van der Waals surface area (Å²) >= 11 is 24.2. The molecule has 0 fully saturated rings. The number of likely N-dealkylation sites (N-methyl/N-ethyl adjacent to an activating group) is 1. The van der Waals surface area contributed by atoms with E-state index in [4.69, 9.17) is 46.4 Å². The summed E-state index contributed by atoms with van der Waals surface area (Å²) in [6.45, 7) is 4.08. The lowest BCUT2D eigenvalue weighted by Crippen LogP contribution is -2.36. The number of halogens is 4. The zero-order valence-electron chi connectivity index (χ0n) is 16.8. The molecule has 160 valence electrons. The Bertz CT molecular complexity index is 938. The Morgan fingerprint density at radius 2 is 1.67 bits per heavy atom. The molecule has 2 rings (SSSR count). The van der Waals surface area contributed by atoms with Gasteiger partial charge in [0.25, 0.3) is 5.91 Å². The van der Waals surface area contributed by atoms with E-state index in [1.807, 2.05) is 26.0 Å². The first-order valence-corrected chi connectivity index (χ1v) is 10.8. The number of nitrogens with zero attached hydrogens (tertiary/aromatic N) is 2. The molecule has 0 spiro atoms. The van der Waals surface area contributed by atoms with Crippen molar-refractivity contribution in [2.45, 2.75) is 32.2 Å².